The largest absolute Gasteiger partial charge is 0.461 e. The van der Waals surface area contributed by atoms with Gasteiger partial charge in [0.2, 0.25) is 0 Å². The number of aliphatic hydroxyl groups is 1. The van der Waals surface area contributed by atoms with Crippen LogP contribution in [0.4, 0.5) is 11.5 Å². The third-order valence-electron chi connectivity index (χ3n) is 10.9. The summed E-state index contributed by atoms with van der Waals surface area (Å²) in [5.41, 5.74) is 6.59. The van der Waals surface area contributed by atoms with E-state index >= 15 is 0 Å². The van der Waals surface area contributed by atoms with Crippen molar-refractivity contribution < 1.29 is 19.3 Å². The van der Waals surface area contributed by atoms with Crippen molar-refractivity contribution in [1.82, 2.24) is 29.9 Å². The Kier molecular flexibility index (Phi) is 9.20. The molecule has 7 rings (SSSR count). The van der Waals surface area contributed by atoms with Gasteiger partial charge in [-0.15, -0.1) is 5.10 Å². The zero-order valence-corrected chi connectivity index (χ0v) is 30.8. The highest BCUT2D eigenvalue weighted by molar-refractivity contribution is 6.76. The number of aryl methyl sites for hydroxylation is 1. The van der Waals surface area contributed by atoms with E-state index in [0.717, 1.165) is 85.3 Å². The van der Waals surface area contributed by atoms with E-state index in [1.54, 1.807) is 0 Å². The molecule has 4 aliphatic heterocycles. The average molecular weight is 679 g/mol. The molecular formula is C35H54N8O4Si. The zero-order chi connectivity index (χ0) is 33.7. The summed E-state index contributed by atoms with van der Waals surface area (Å²) in [7, 11) is -1.18. The second kappa shape index (κ2) is 13.1. The zero-order valence-electron chi connectivity index (χ0n) is 29.8. The Morgan fingerprint density at radius 1 is 1.04 bits per heavy atom. The van der Waals surface area contributed by atoms with Gasteiger partial charge in [-0.05, 0) is 89.2 Å². The average Bonchev–Trinajstić information content (AvgIpc) is 3.70. The van der Waals surface area contributed by atoms with Gasteiger partial charge in [0, 0.05) is 33.3 Å². The number of aromatic nitrogens is 5. The van der Waals surface area contributed by atoms with E-state index in [1.165, 1.54) is 24.0 Å². The normalized spacial score (nSPS) is 23.1. The Hall–Kier alpha value is -2.84. The predicted molar refractivity (Wildman–Crippen MR) is 190 cm³/mol. The van der Waals surface area contributed by atoms with Crippen molar-refractivity contribution in [3.8, 4) is 6.01 Å². The van der Waals surface area contributed by atoms with Crippen molar-refractivity contribution in [2.24, 2.45) is 0 Å². The van der Waals surface area contributed by atoms with E-state index in [9.17, 15) is 5.11 Å². The molecule has 3 fully saturated rings. The van der Waals surface area contributed by atoms with Gasteiger partial charge in [-0.25, -0.2) is 4.68 Å². The van der Waals surface area contributed by atoms with Crippen molar-refractivity contribution in [3.05, 3.63) is 28.5 Å². The molecule has 262 valence electrons. The molecule has 1 aromatic carbocycles. The first-order chi connectivity index (χ1) is 22.9. The van der Waals surface area contributed by atoms with E-state index in [0.29, 0.717) is 52.2 Å². The molecule has 0 spiro atoms. The predicted octanol–water partition coefficient (Wildman–Crippen LogP) is 4.31. The fraction of sp³-hybridized carbons (Fsp3) is 0.714. The lowest BCUT2D eigenvalue weighted by Crippen LogP contribution is -2.44. The Labute approximate surface area is 285 Å². The molecular weight excluding hydrogens is 625 g/mol. The summed E-state index contributed by atoms with van der Waals surface area (Å²) in [4.78, 5) is 17.4. The fourth-order valence-corrected chi connectivity index (χ4v) is 8.83. The molecule has 48 heavy (non-hydrogen) atoms. The number of anilines is 2. The van der Waals surface area contributed by atoms with E-state index in [-0.39, 0.29) is 5.54 Å². The first-order valence-electron chi connectivity index (χ1n) is 17.9. The lowest BCUT2D eigenvalue weighted by atomic mass is 9.95. The van der Waals surface area contributed by atoms with Crippen molar-refractivity contribution in [3.63, 3.8) is 0 Å². The summed E-state index contributed by atoms with van der Waals surface area (Å²) in [6.07, 6.45) is 5.54. The van der Waals surface area contributed by atoms with Gasteiger partial charge in [0.25, 0.3) is 0 Å². The molecule has 0 aliphatic carbocycles. The Morgan fingerprint density at radius 2 is 1.83 bits per heavy atom. The molecule has 3 aromatic rings. The molecule has 12 nitrogen and oxygen atoms in total. The quantitative estimate of drug-likeness (QED) is 0.245. The van der Waals surface area contributed by atoms with Gasteiger partial charge in [0.05, 0.1) is 48.7 Å². The minimum Gasteiger partial charge on any atom is -0.461 e. The van der Waals surface area contributed by atoms with Crippen LogP contribution in [0.3, 0.4) is 0 Å². The minimum atomic E-state index is -1.18. The molecule has 3 saturated heterocycles. The van der Waals surface area contributed by atoms with Gasteiger partial charge < -0.3 is 29.1 Å². The highest BCUT2D eigenvalue weighted by Crippen LogP contribution is 2.40. The number of nitrogens with zero attached hydrogens (tertiary/aromatic N) is 8. The van der Waals surface area contributed by atoms with Crippen LogP contribution >= 0.6 is 0 Å². The highest BCUT2D eigenvalue weighted by Gasteiger charge is 2.45. The summed E-state index contributed by atoms with van der Waals surface area (Å²) in [6, 6.07) is 3.73. The Morgan fingerprint density at radius 3 is 2.60 bits per heavy atom. The lowest BCUT2D eigenvalue weighted by Gasteiger charge is -2.36. The lowest BCUT2D eigenvalue weighted by molar-refractivity contribution is -0.0123. The van der Waals surface area contributed by atoms with Crippen LogP contribution in [-0.4, -0.2) is 113 Å². The van der Waals surface area contributed by atoms with Crippen molar-refractivity contribution in [2.75, 3.05) is 69.0 Å². The Bertz CT molecular complexity index is 1630. The summed E-state index contributed by atoms with van der Waals surface area (Å²) >= 11 is 0. The standard InChI is InChI=1S/C35H54N8O4Si/c1-25-19-29-30(38-39-43(29)24-46-17-18-48(4,5)6)31(26(25)2)40-14-9-27-28(20-40)36-33(47-23-35-10-7-12-42(35)13-8-11-35)37-32(27)41-15-16-45-22-34(3,44)21-41/h19,44H,7-18,20-24H2,1-6H3/t34-/m0/s1. The molecule has 1 atom stereocenters. The monoisotopic (exact) mass is 678 g/mol. The maximum atomic E-state index is 11.1. The van der Waals surface area contributed by atoms with Crippen LogP contribution in [0.1, 0.15) is 55.0 Å². The van der Waals surface area contributed by atoms with E-state index in [1.807, 2.05) is 11.6 Å². The van der Waals surface area contributed by atoms with Gasteiger partial charge >= 0.3 is 6.01 Å². The molecule has 1 N–H and O–H groups in total. The third kappa shape index (κ3) is 6.81. The summed E-state index contributed by atoms with van der Waals surface area (Å²) < 4.78 is 20.3. The first-order valence-corrected chi connectivity index (χ1v) is 21.6. The SMILES string of the molecule is Cc1cc2c(nnn2COCC[Si](C)(C)C)c(N2CCc3c(nc(OCC45CCCN4CCC5)nc3N3CCOC[C@@](C)(O)C3)C2)c1C. The molecule has 0 saturated carbocycles. The molecule has 13 heteroatoms. The van der Waals surface area contributed by atoms with Crippen LogP contribution in [0.5, 0.6) is 6.01 Å². The molecule has 0 radical (unpaired) electrons. The Balaban J connectivity index is 1.20. The van der Waals surface area contributed by atoms with Crippen LogP contribution in [0.2, 0.25) is 25.7 Å². The molecule has 6 heterocycles. The van der Waals surface area contributed by atoms with Crippen LogP contribution in [0, 0.1) is 13.8 Å². The number of β-amino-alcohol motifs (C(OH)–C–C–N with tert-alkyl or cyclic N) is 1. The number of ether oxygens (including phenoxy) is 3. The number of rotatable bonds is 10. The topological polar surface area (TPSA) is 114 Å². The second-order valence-electron chi connectivity index (χ2n) is 16.1. The minimum absolute atomic E-state index is 0.0973. The highest BCUT2D eigenvalue weighted by atomic mass is 28.3. The maximum Gasteiger partial charge on any atom is 0.318 e. The van der Waals surface area contributed by atoms with Crippen LogP contribution in [-0.2, 0) is 29.2 Å². The van der Waals surface area contributed by atoms with Gasteiger partial charge in [0.1, 0.15) is 30.3 Å². The molecule has 2 aromatic heterocycles. The van der Waals surface area contributed by atoms with Crippen LogP contribution < -0.4 is 14.5 Å². The summed E-state index contributed by atoms with van der Waals surface area (Å²) in [5.74, 6) is 0.861. The number of hydrogen-bond donors (Lipinski definition) is 1. The van der Waals surface area contributed by atoms with E-state index in [4.69, 9.17) is 29.3 Å². The fourth-order valence-electron chi connectivity index (χ4n) is 8.07. The number of benzene rings is 1. The number of hydrogen-bond acceptors (Lipinski definition) is 11. The maximum absolute atomic E-state index is 11.1. The van der Waals surface area contributed by atoms with Crippen LogP contribution in [0.15, 0.2) is 6.07 Å². The number of fused-ring (bicyclic) bond motifs is 3. The molecule has 0 unspecified atom stereocenters. The molecule has 0 bridgehead atoms. The first kappa shape index (κ1) is 33.6. The summed E-state index contributed by atoms with van der Waals surface area (Å²) in [5, 5.41) is 20.3. The smallest absolute Gasteiger partial charge is 0.318 e. The van der Waals surface area contributed by atoms with Gasteiger partial charge in [0.15, 0.2) is 0 Å². The van der Waals surface area contributed by atoms with Gasteiger partial charge in [-0.1, -0.05) is 24.9 Å². The molecule has 4 aliphatic rings. The van der Waals surface area contributed by atoms with Crippen LogP contribution in [0.25, 0.3) is 11.0 Å². The summed E-state index contributed by atoms with van der Waals surface area (Å²) in [6.45, 7) is 20.6. The van der Waals surface area contributed by atoms with Crippen molar-refractivity contribution in [1.29, 1.82) is 0 Å². The van der Waals surface area contributed by atoms with Crippen molar-refractivity contribution in [2.45, 2.75) is 103 Å². The van der Waals surface area contributed by atoms with Gasteiger partial charge in [-0.2, -0.15) is 9.97 Å². The van der Waals surface area contributed by atoms with E-state index in [2.05, 4.69) is 59.5 Å². The van der Waals surface area contributed by atoms with Crippen molar-refractivity contribution >= 4 is 30.6 Å². The molecule has 0 amide bonds. The van der Waals surface area contributed by atoms with E-state index < -0.39 is 13.7 Å². The van der Waals surface area contributed by atoms with Gasteiger partial charge in [-0.3, -0.25) is 4.90 Å². The second-order valence-corrected chi connectivity index (χ2v) is 21.7. The third-order valence-corrected chi connectivity index (χ3v) is 12.6.